The summed E-state index contributed by atoms with van der Waals surface area (Å²) in [6.45, 7) is 0.713. The second kappa shape index (κ2) is 8.31. The summed E-state index contributed by atoms with van der Waals surface area (Å²) >= 11 is 0. The van der Waals surface area contributed by atoms with E-state index in [1.807, 2.05) is 47.4 Å². The van der Waals surface area contributed by atoms with E-state index in [1.165, 1.54) is 16.5 Å². The second-order valence-electron chi connectivity index (χ2n) is 8.06. The smallest absolute Gasteiger partial charge is 0.223 e. The minimum Gasteiger partial charge on any atom is -0.497 e. The lowest BCUT2D eigenvalue weighted by Gasteiger charge is -2.36. The normalized spacial score (nSPS) is 15.6. The van der Waals surface area contributed by atoms with Gasteiger partial charge in [0, 0.05) is 29.6 Å². The monoisotopic (exact) mass is 410 g/mol. The molecule has 0 radical (unpaired) electrons. The first-order valence-corrected chi connectivity index (χ1v) is 10.8. The molecule has 3 aromatic carbocycles. The summed E-state index contributed by atoms with van der Waals surface area (Å²) in [6, 6.07) is 26.6. The first-order chi connectivity index (χ1) is 15.2. The summed E-state index contributed by atoms with van der Waals surface area (Å²) in [5.74, 6) is 1.05. The van der Waals surface area contributed by atoms with Gasteiger partial charge in [0.15, 0.2) is 0 Å². The quantitative estimate of drug-likeness (QED) is 0.486. The van der Waals surface area contributed by atoms with Crippen molar-refractivity contribution in [2.75, 3.05) is 13.7 Å². The van der Waals surface area contributed by atoms with Gasteiger partial charge in [0.05, 0.1) is 13.2 Å². The maximum Gasteiger partial charge on any atom is 0.223 e. The first kappa shape index (κ1) is 19.4. The first-order valence-electron chi connectivity index (χ1n) is 10.8. The van der Waals surface area contributed by atoms with Crippen LogP contribution in [0.25, 0.3) is 10.9 Å². The van der Waals surface area contributed by atoms with Crippen LogP contribution in [-0.4, -0.2) is 29.4 Å². The van der Waals surface area contributed by atoms with Crippen molar-refractivity contribution in [3.63, 3.8) is 0 Å². The highest BCUT2D eigenvalue weighted by Gasteiger charge is 2.34. The Labute approximate surface area is 182 Å². The Morgan fingerprint density at radius 2 is 1.77 bits per heavy atom. The number of carbonyl (C=O) groups is 1. The molecule has 0 saturated carbocycles. The Balaban J connectivity index is 1.52. The molecule has 1 atom stereocenters. The summed E-state index contributed by atoms with van der Waals surface area (Å²) in [7, 11) is 1.69. The van der Waals surface area contributed by atoms with Crippen LogP contribution in [0.5, 0.6) is 5.75 Å². The molecular formula is C27H26N2O2. The number of amides is 1. The van der Waals surface area contributed by atoms with Crippen molar-refractivity contribution in [1.29, 1.82) is 0 Å². The predicted molar refractivity (Wildman–Crippen MR) is 123 cm³/mol. The Bertz CT molecular complexity index is 1200. The fraction of sp³-hybridized carbons (Fsp3) is 0.222. The number of aromatic nitrogens is 1. The Morgan fingerprint density at radius 1 is 1.03 bits per heavy atom. The number of H-pyrrole nitrogens is 1. The fourth-order valence-electron chi connectivity index (χ4n) is 4.68. The summed E-state index contributed by atoms with van der Waals surface area (Å²) in [5.41, 5.74) is 5.83. The maximum absolute atomic E-state index is 13.4. The predicted octanol–water partition coefficient (Wildman–Crippen LogP) is 5.28. The molecule has 0 spiro atoms. The van der Waals surface area contributed by atoms with Crippen molar-refractivity contribution < 1.29 is 9.53 Å². The second-order valence-corrected chi connectivity index (χ2v) is 8.06. The Morgan fingerprint density at radius 3 is 2.52 bits per heavy atom. The maximum atomic E-state index is 13.4. The van der Waals surface area contributed by atoms with Crippen LogP contribution in [0.2, 0.25) is 0 Å². The van der Waals surface area contributed by atoms with Gasteiger partial charge < -0.3 is 14.6 Å². The molecule has 1 unspecified atom stereocenters. The summed E-state index contributed by atoms with van der Waals surface area (Å²) in [5, 5.41) is 1.19. The third-order valence-corrected chi connectivity index (χ3v) is 6.24. The van der Waals surface area contributed by atoms with Crippen LogP contribution in [0.15, 0.2) is 78.9 Å². The molecule has 5 rings (SSSR count). The molecule has 156 valence electrons. The van der Waals surface area contributed by atoms with Crippen molar-refractivity contribution in [2.45, 2.75) is 25.3 Å². The molecule has 1 aliphatic heterocycles. The number of rotatable bonds is 5. The zero-order chi connectivity index (χ0) is 21.2. The lowest BCUT2D eigenvalue weighted by molar-refractivity contribution is -0.133. The number of hydrogen-bond acceptors (Lipinski definition) is 2. The topological polar surface area (TPSA) is 45.3 Å². The largest absolute Gasteiger partial charge is 0.497 e. The van der Waals surface area contributed by atoms with E-state index < -0.39 is 0 Å². The van der Waals surface area contributed by atoms with Gasteiger partial charge in [0.25, 0.3) is 0 Å². The molecule has 1 N–H and O–H groups in total. The van der Waals surface area contributed by atoms with Crippen molar-refractivity contribution in [1.82, 2.24) is 9.88 Å². The Hall–Kier alpha value is -3.53. The standard InChI is InChI=1S/C27H26N2O2/c1-31-21-13-14-24-23(18-21)22-16-17-29(25(30)15-12-19-8-4-2-5-9-19)27(26(22)28-24)20-10-6-3-7-11-20/h2-11,13-14,18,27-28H,12,15-17H2,1H3. The number of benzene rings is 3. The van der Waals surface area contributed by atoms with Crippen LogP contribution < -0.4 is 4.74 Å². The zero-order valence-electron chi connectivity index (χ0n) is 17.7. The highest BCUT2D eigenvalue weighted by molar-refractivity contribution is 5.88. The fourth-order valence-corrected chi connectivity index (χ4v) is 4.68. The van der Waals surface area contributed by atoms with E-state index in [0.29, 0.717) is 13.0 Å². The minimum atomic E-state index is -0.105. The molecule has 4 aromatic rings. The molecule has 0 bridgehead atoms. The van der Waals surface area contributed by atoms with Gasteiger partial charge in [-0.25, -0.2) is 0 Å². The molecular weight excluding hydrogens is 384 g/mol. The minimum absolute atomic E-state index is 0.105. The molecule has 1 aliphatic rings. The summed E-state index contributed by atoms with van der Waals surface area (Å²) in [4.78, 5) is 19.0. The average molecular weight is 411 g/mol. The van der Waals surface area contributed by atoms with Crippen LogP contribution in [0.3, 0.4) is 0 Å². The lowest BCUT2D eigenvalue weighted by atomic mass is 9.92. The molecule has 0 aliphatic carbocycles. The van der Waals surface area contributed by atoms with E-state index in [4.69, 9.17) is 4.74 Å². The number of nitrogens with one attached hydrogen (secondary N) is 1. The lowest BCUT2D eigenvalue weighted by Crippen LogP contribution is -2.40. The van der Waals surface area contributed by atoms with Gasteiger partial charge in [0.1, 0.15) is 5.75 Å². The van der Waals surface area contributed by atoms with Gasteiger partial charge in [-0.2, -0.15) is 0 Å². The van der Waals surface area contributed by atoms with E-state index in [-0.39, 0.29) is 11.9 Å². The molecule has 4 heteroatoms. The molecule has 0 fully saturated rings. The number of carbonyl (C=O) groups excluding carboxylic acids is 1. The van der Waals surface area contributed by atoms with E-state index in [1.54, 1.807) is 7.11 Å². The highest BCUT2D eigenvalue weighted by Crippen LogP contribution is 2.39. The van der Waals surface area contributed by atoms with Gasteiger partial charge in [-0.3, -0.25) is 4.79 Å². The molecule has 31 heavy (non-hydrogen) atoms. The third-order valence-electron chi connectivity index (χ3n) is 6.24. The van der Waals surface area contributed by atoms with E-state index in [2.05, 4.69) is 41.4 Å². The van der Waals surface area contributed by atoms with Crippen LogP contribution in [0.1, 0.15) is 34.8 Å². The van der Waals surface area contributed by atoms with Crippen molar-refractivity contribution in [2.24, 2.45) is 0 Å². The van der Waals surface area contributed by atoms with Crippen molar-refractivity contribution >= 4 is 16.8 Å². The molecule has 0 saturated heterocycles. The van der Waals surface area contributed by atoms with E-state index in [9.17, 15) is 4.79 Å². The van der Waals surface area contributed by atoms with Gasteiger partial charge >= 0.3 is 0 Å². The number of methoxy groups -OCH3 is 1. The third kappa shape index (κ3) is 3.70. The number of aromatic amines is 1. The Kier molecular flexibility index (Phi) is 5.21. The number of hydrogen-bond donors (Lipinski definition) is 1. The molecule has 1 aromatic heterocycles. The number of aryl methyl sites for hydroxylation is 1. The van der Waals surface area contributed by atoms with Crippen LogP contribution in [0.4, 0.5) is 0 Å². The van der Waals surface area contributed by atoms with Crippen molar-refractivity contribution in [3.8, 4) is 5.75 Å². The molecule has 4 nitrogen and oxygen atoms in total. The SMILES string of the molecule is COc1ccc2[nH]c3c(c2c1)CCN(C(=O)CCc1ccccc1)C3c1ccccc1. The molecule has 1 amide bonds. The van der Waals surface area contributed by atoms with Crippen molar-refractivity contribution in [3.05, 3.63) is 101 Å². The van der Waals surface area contributed by atoms with Gasteiger partial charge in [-0.1, -0.05) is 60.7 Å². The van der Waals surface area contributed by atoms with Crippen LogP contribution >= 0.6 is 0 Å². The van der Waals surface area contributed by atoms with Crippen LogP contribution in [-0.2, 0) is 17.6 Å². The van der Waals surface area contributed by atoms with Gasteiger partial charge in [0.2, 0.25) is 5.91 Å². The average Bonchev–Trinajstić information content (AvgIpc) is 3.21. The van der Waals surface area contributed by atoms with E-state index >= 15 is 0 Å². The van der Waals surface area contributed by atoms with Gasteiger partial charge in [-0.15, -0.1) is 0 Å². The number of ether oxygens (including phenoxy) is 1. The summed E-state index contributed by atoms with van der Waals surface area (Å²) < 4.78 is 5.45. The van der Waals surface area contributed by atoms with E-state index in [0.717, 1.165) is 35.4 Å². The number of nitrogens with zero attached hydrogens (tertiary/aromatic N) is 1. The van der Waals surface area contributed by atoms with Gasteiger partial charge in [-0.05, 0) is 47.7 Å². The van der Waals surface area contributed by atoms with Crippen LogP contribution in [0, 0.1) is 0 Å². The summed E-state index contributed by atoms with van der Waals surface area (Å²) in [6.07, 6.45) is 2.11. The highest BCUT2D eigenvalue weighted by atomic mass is 16.5. The number of fused-ring (bicyclic) bond motifs is 3. The zero-order valence-corrected chi connectivity index (χ0v) is 17.7. The molecule has 2 heterocycles.